The van der Waals surface area contributed by atoms with Crippen LogP contribution >= 0.6 is 23.2 Å². The predicted octanol–water partition coefficient (Wildman–Crippen LogP) is 5.83. The molecule has 18 atom stereocenters. The number of amides is 6. The Hall–Kier alpha value is -3.24. The van der Waals surface area contributed by atoms with Crippen molar-refractivity contribution in [1.29, 1.82) is 5.26 Å². The smallest absolute Gasteiger partial charge is 0.315 e. The first-order valence-electron chi connectivity index (χ1n) is 35.3. The maximum atomic E-state index is 13.9. The van der Waals surface area contributed by atoms with Crippen LogP contribution in [0.5, 0.6) is 0 Å². The van der Waals surface area contributed by atoms with Crippen LogP contribution in [0.2, 0.25) is 0 Å². The van der Waals surface area contributed by atoms with Crippen molar-refractivity contribution >= 4 is 52.9 Å². The van der Waals surface area contributed by atoms with E-state index in [0.717, 1.165) is 116 Å². The summed E-state index contributed by atoms with van der Waals surface area (Å²) in [5, 5.41) is 27.2. The quantitative estimate of drug-likeness (QED) is 0.0269. The summed E-state index contributed by atoms with van der Waals surface area (Å²) < 4.78 is 24.3. The molecule has 4 aliphatic carbocycles. The molecule has 0 spiro atoms. The largest absolute Gasteiger partial charge is 0.379 e. The monoisotopic (exact) mass is 1300 g/mol. The molecule has 90 heavy (non-hydrogen) atoms. The van der Waals surface area contributed by atoms with E-state index in [1.165, 1.54) is 38.5 Å². The molecule has 0 bridgehead atoms. The zero-order valence-corrected chi connectivity index (χ0v) is 56.0. The molecule has 506 valence electrons. The van der Waals surface area contributed by atoms with Crippen molar-refractivity contribution in [2.24, 2.45) is 41.4 Å². The SMILES string of the molecule is CC1CCC(NC(=O)NC(CCCCCOCCOCCOCCN(C)C/C=C/C(=O)N2CCN(C3NC(OC[C@@H]4CCCN4C)NC4CN(C5CCCC6CCCC(Cl)C65)CCC43)C[C@@H]2CC#N)C2CCC3C(=O)N(C4CCC(=O)NC4=O)CC3C2)CC1Cl. The minimum absolute atomic E-state index is 0.0232. The number of hydrogen-bond donors (Lipinski definition) is 5. The lowest BCUT2D eigenvalue weighted by Crippen LogP contribution is -2.74. The van der Waals surface area contributed by atoms with Gasteiger partial charge in [-0.25, -0.2) is 4.79 Å². The Kier molecular flexibility index (Phi) is 26.6. The van der Waals surface area contributed by atoms with Gasteiger partial charge in [-0.15, -0.1) is 23.2 Å². The average molecular weight is 1300 g/mol. The molecule has 5 N–H and O–H groups in total. The van der Waals surface area contributed by atoms with Gasteiger partial charge in [0.25, 0.3) is 0 Å². The molecule has 0 aromatic rings. The summed E-state index contributed by atoms with van der Waals surface area (Å²) in [6.45, 7) is 12.8. The number of unbranched alkanes of at least 4 members (excludes halogenated alkanes) is 2. The summed E-state index contributed by atoms with van der Waals surface area (Å²) in [5.74, 6) is 1.64. The van der Waals surface area contributed by atoms with Crippen molar-refractivity contribution in [2.75, 3.05) is 119 Å². The third-order valence-electron chi connectivity index (χ3n) is 22.7. The zero-order valence-electron chi connectivity index (χ0n) is 54.5. The van der Waals surface area contributed by atoms with Crippen molar-refractivity contribution in [2.45, 2.75) is 214 Å². The molecule has 10 rings (SSSR count). The molecule has 6 saturated heterocycles. The molecular formula is C67H110Cl2N12O9. The number of carbonyl (C=O) groups excluding carboxylic acids is 5. The Morgan fingerprint density at radius 3 is 2.37 bits per heavy atom. The number of likely N-dealkylation sites (N-methyl/N-ethyl adjacent to an activating group) is 2. The van der Waals surface area contributed by atoms with Gasteiger partial charge in [0, 0.05) is 118 Å². The number of alkyl halides is 2. The van der Waals surface area contributed by atoms with Crippen molar-refractivity contribution in [1.82, 2.24) is 56.0 Å². The van der Waals surface area contributed by atoms with Crippen molar-refractivity contribution in [3.63, 3.8) is 0 Å². The van der Waals surface area contributed by atoms with E-state index in [-0.39, 0.29) is 108 Å². The van der Waals surface area contributed by atoms with Gasteiger partial charge in [0.1, 0.15) is 6.04 Å². The van der Waals surface area contributed by atoms with E-state index >= 15 is 0 Å². The van der Waals surface area contributed by atoms with E-state index in [0.29, 0.717) is 115 Å². The maximum absolute atomic E-state index is 13.9. The third-order valence-corrected chi connectivity index (χ3v) is 23.9. The molecule has 0 radical (unpaired) electrons. The van der Waals surface area contributed by atoms with Crippen LogP contribution in [0.3, 0.4) is 0 Å². The average Bonchev–Trinajstić information content (AvgIpc) is 1.18. The van der Waals surface area contributed by atoms with Crippen LogP contribution in [-0.4, -0.2) is 244 Å². The van der Waals surface area contributed by atoms with Crippen LogP contribution in [0, 0.1) is 52.8 Å². The second-order valence-corrected chi connectivity index (χ2v) is 29.7. The van der Waals surface area contributed by atoms with Gasteiger partial charge in [0.15, 0.2) is 6.35 Å². The third kappa shape index (κ3) is 18.6. The van der Waals surface area contributed by atoms with Gasteiger partial charge >= 0.3 is 6.03 Å². The molecule has 10 aliphatic rings. The lowest BCUT2D eigenvalue weighted by atomic mass is 9.67. The van der Waals surface area contributed by atoms with E-state index < -0.39 is 6.04 Å². The van der Waals surface area contributed by atoms with Crippen molar-refractivity contribution < 1.29 is 42.9 Å². The summed E-state index contributed by atoms with van der Waals surface area (Å²) in [6.07, 6.45) is 23.9. The number of likely N-dealkylation sites (tertiary alicyclic amines) is 3. The number of carbonyl (C=O) groups is 5. The number of fused-ring (bicyclic) bond motifs is 3. The van der Waals surface area contributed by atoms with Gasteiger partial charge in [0.05, 0.1) is 64.3 Å². The Balaban J connectivity index is 0.593. The molecule has 0 aromatic carbocycles. The van der Waals surface area contributed by atoms with Gasteiger partial charge in [0.2, 0.25) is 23.6 Å². The highest BCUT2D eigenvalue weighted by atomic mass is 35.5. The summed E-state index contributed by atoms with van der Waals surface area (Å²) in [6, 6.07) is 2.67. The van der Waals surface area contributed by atoms with Gasteiger partial charge in [-0.3, -0.25) is 44.9 Å². The van der Waals surface area contributed by atoms with Crippen LogP contribution in [0.4, 0.5) is 4.79 Å². The number of ether oxygens (including phenoxy) is 4. The first-order valence-corrected chi connectivity index (χ1v) is 36.2. The highest BCUT2D eigenvalue weighted by molar-refractivity contribution is 6.21. The van der Waals surface area contributed by atoms with E-state index in [1.807, 2.05) is 18.0 Å². The van der Waals surface area contributed by atoms with E-state index in [4.69, 9.17) is 42.1 Å². The Bertz CT molecular complexity index is 2410. The number of nitrogens with zero attached hydrogens (tertiary/aromatic N) is 7. The topological polar surface area (TPSA) is 226 Å². The van der Waals surface area contributed by atoms with E-state index in [2.05, 4.69) is 66.2 Å². The van der Waals surface area contributed by atoms with Crippen LogP contribution in [0.1, 0.15) is 148 Å². The molecule has 21 nitrogen and oxygen atoms in total. The molecule has 4 saturated carbocycles. The highest BCUT2D eigenvalue weighted by Gasteiger charge is 2.51. The van der Waals surface area contributed by atoms with Gasteiger partial charge in [-0.2, -0.15) is 5.26 Å². The lowest BCUT2D eigenvalue weighted by Gasteiger charge is -2.56. The fourth-order valence-corrected chi connectivity index (χ4v) is 18.4. The molecular weight excluding hydrogens is 1190 g/mol. The summed E-state index contributed by atoms with van der Waals surface area (Å²) in [5.41, 5.74) is 0. The van der Waals surface area contributed by atoms with Crippen molar-refractivity contribution in [3.05, 3.63) is 12.2 Å². The number of nitriles is 1. The first kappa shape index (κ1) is 69.6. The van der Waals surface area contributed by atoms with Gasteiger partial charge in [-0.1, -0.05) is 51.5 Å². The molecule has 10 fully saturated rings. The number of nitrogens with one attached hydrogen (secondary N) is 5. The first-order chi connectivity index (χ1) is 43.7. The number of rotatable bonds is 28. The normalized spacial score (nSPS) is 35.9. The summed E-state index contributed by atoms with van der Waals surface area (Å²) >= 11 is 13.8. The van der Waals surface area contributed by atoms with Crippen molar-refractivity contribution in [3.8, 4) is 6.07 Å². The van der Waals surface area contributed by atoms with E-state index in [1.54, 1.807) is 11.0 Å². The highest BCUT2D eigenvalue weighted by Crippen LogP contribution is 2.47. The van der Waals surface area contributed by atoms with Crippen LogP contribution < -0.4 is 26.6 Å². The molecule has 6 aliphatic heterocycles. The Morgan fingerprint density at radius 2 is 1.59 bits per heavy atom. The summed E-state index contributed by atoms with van der Waals surface area (Å²) in [4.78, 5) is 79.0. The number of piperazine rings is 1. The van der Waals surface area contributed by atoms with Crippen LogP contribution in [-0.2, 0) is 38.1 Å². The van der Waals surface area contributed by atoms with Crippen LogP contribution in [0.15, 0.2) is 12.2 Å². The molecule has 23 heteroatoms. The van der Waals surface area contributed by atoms with Gasteiger partial charge < -0.3 is 49.2 Å². The van der Waals surface area contributed by atoms with Crippen LogP contribution in [0.25, 0.3) is 0 Å². The number of imide groups is 1. The summed E-state index contributed by atoms with van der Waals surface area (Å²) in [7, 11) is 4.22. The standard InChI is InChI=1S/C67H110Cl2N12O9/c1-45-18-20-49(40-55(45)69)71-66(86)72-56(47-19-21-52-48(39-47)41-81(65(52)85)59-22-23-60(82)74-64(59)84)15-5-4-6-33-87-35-37-89-38-36-88-34-32-76(2)27-10-17-61(83)80-31-30-79(42-50(80)24-26-70)63-53-25-29-78(58-16-8-12-46-11-7-14-54(68)62(46)58)43-57(53)73-67(75-63)90-44-51-13-9-28-77(51)3/h10,17,45-59,62-63,67,73,75H,4-9,11-16,18-25,27-44H2,1-3H3,(H2,71,72,86)(H,74,82,84)/b17-10+/t45?,46?,47?,48?,49?,50-,51-,52?,53?,54?,55?,56?,57?,58?,59?,62?,63?,67?/m0/s1. The Labute approximate surface area is 547 Å². The second-order valence-electron chi connectivity index (χ2n) is 28.6. The predicted molar refractivity (Wildman–Crippen MR) is 346 cm³/mol. The fourth-order valence-electron chi connectivity index (χ4n) is 17.6. The fraction of sp³-hybridized carbons (Fsp3) is 0.881. The Morgan fingerprint density at radius 1 is 0.789 bits per heavy atom. The number of halogens is 2. The minimum Gasteiger partial charge on any atom is -0.379 e. The minimum atomic E-state index is -0.593. The number of hydrogen-bond acceptors (Lipinski definition) is 16. The van der Waals surface area contributed by atoms with E-state index in [9.17, 15) is 29.2 Å². The number of urea groups is 1. The van der Waals surface area contributed by atoms with Gasteiger partial charge in [-0.05, 0) is 147 Å². The zero-order chi connectivity index (χ0) is 63.1. The molecule has 6 heterocycles. The second kappa shape index (κ2) is 34.4. The lowest BCUT2D eigenvalue weighted by molar-refractivity contribution is -0.144. The number of piperidine rings is 2. The molecule has 6 amide bonds. The molecule has 0 aromatic heterocycles. The molecule has 16 unspecified atom stereocenters. The maximum Gasteiger partial charge on any atom is 0.315 e.